The highest BCUT2D eigenvalue weighted by molar-refractivity contribution is 9.10. The highest BCUT2D eigenvalue weighted by atomic mass is 79.9. The monoisotopic (exact) mass is 344 g/mol. The van der Waals surface area contributed by atoms with Gasteiger partial charge in [0.25, 0.3) is 0 Å². The first-order valence-electron chi connectivity index (χ1n) is 6.60. The molecule has 0 saturated carbocycles. The lowest BCUT2D eigenvalue weighted by Crippen LogP contribution is -2.16. The Morgan fingerprint density at radius 1 is 1.05 bits per heavy atom. The highest BCUT2D eigenvalue weighted by Gasteiger charge is 2.17. The molecule has 1 aliphatic rings. The Kier molecular flexibility index (Phi) is 4.06. The Labute approximate surface area is 131 Å². The second-order valence-corrected chi connectivity index (χ2v) is 5.44. The first kappa shape index (κ1) is 13.9. The number of ether oxygens (including phenoxy) is 2. The molecule has 1 aliphatic heterocycles. The molecule has 2 aromatic rings. The lowest BCUT2D eigenvalue weighted by Gasteiger charge is -2.19. The summed E-state index contributed by atoms with van der Waals surface area (Å²) < 4.78 is 11.7. The molecule has 0 fully saturated rings. The molecule has 0 N–H and O–H groups in total. The maximum atomic E-state index is 12.3. The summed E-state index contributed by atoms with van der Waals surface area (Å²) in [5.74, 6) is 1.19. The van der Waals surface area contributed by atoms with E-state index < -0.39 is 0 Å². The Morgan fingerprint density at radius 2 is 1.71 bits per heavy atom. The van der Waals surface area contributed by atoms with Crippen molar-refractivity contribution in [1.82, 2.24) is 0 Å². The number of rotatable bonds is 3. The van der Waals surface area contributed by atoms with Crippen molar-refractivity contribution in [3.63, 3.8) is 0 Å². The summed E-state index contributed by atoms with van der Waals surface area (Å²) in [5.41, 5.74) is 1.55. The van der Waals surface area contributed by atoms with E-state index in [1.54, 1.807) is 24.3 Å². The molecule has 2 aromatic carbocycles. The molecule has 0 saturated heterocycles. The molecule has 0 aliphatic carbocycles. The van der Waals surface area contributed by atoms with E-state index in [2.05, 4.69) is 15.9 Å². The molecule has 0 spiro atoms. The molecule has 0 atom stereocenters. The van der Waals surface area contributed by atoms with Crippen LogP contribution < -0.4 is 9.47 Å². The van der Waals surface area contributed by atoms with Crippen molar-refractivity contribution in [2.24, 2.45) is 0 Å². The predicted molar refractivity (Wildman–Crippen MR) is 84.9 cm³/mol. The van der Waals surface area contributed by atoms with Gasteiger partial charge in [0, 0.05) is 10.0 Å². The lowest BCUT2D eigenvalue weighted by molar-refractivity contribution is 0.104. The van der Waals surface area contributed by atoms with Crippen LogP contribution in [-0.2, 0) is 0 Å². The maximum absolute atomic E-state index is 12.3. The van der Waals surface area contributed by atoms with Gasteiger partial charge >= 0.3 is 0 Å². The van der Waals surface area contributed by atoms with Crippen molar-refractivity contribution in [2.45, 2.75) is 0 Å². The van der Waals surface area contributed by atoms with Gasteiger partial charge in [0.05, 0.1) is 0 Å². The topological polar surface area (TPSA) is 35.5 Å². The van der Waals surface area contributed by atoms with Crippen LogP contribution in [0.4, 0.5) is 0 Å². The Balaban J connectivity index is 1.86. The van der Waals surface area contributed by atoms with Gasteiger partial charge in [0.1, 0.15) is 13.2 Å². The molecule has 0 bridgehead atoms. The molecule has 0 radical (unpaired) electrons. The quantitative estimate of drug-likeness (QED) is 0.620. The summed E-state index contributed by atoms with van der Waals surface area (Å²) in [4.78, 5) is 12.3. The number of benzene rings is 2. The number of hydrogen-bond acceptors (Lipinski definition) is 3. The summed E-state index contributed by atoms with van der Waals surface area (Å²) >= 11 is 3.41. The van der Waals surface area contributed by atoms with Crippen LogP contribution in [0.15, 0.2) is 53.0 Å². The van der Waals surface area contributed by atoms with Gasteiger partial charge in [-0.15, -0.1) is 0 Å². The SMILES string of the molecule is O=C(/C=C/c1ccccc1)c1cc2c(cc1Br)OCCO2. The molecule has 1 heterocycles. The zero-order valence-corrected chi connectivity index (χ0v) is 12.8. The Bertz CT molecular complexity index is 693. The fourth-order valence-electron chi connectivity index (χ4n) is 2.08. The van der Waals surface area contributed by atoms with Gasteiger partial charge in [-0.05, 0) is 39.7 Å². The second kappa shape index (κ2) is 6.14. The largest absolute Gasteiger partial charge is 0.486 e. The molecule has 21 heavy (non-hydrogen) atoms. The van der Waals surface area contributed by atoms with Crippen molar-refractivity contribution in [3.05, 3.63) is 64.1 Å². The zero-order chi connectivity index (χ0) is 14.7. The van der Waals surface area contributed by atoms with Crippen LogP contribution in [0, 0.1) is 0 Å². The normalized spacial score (nSPS) is 13.4. The number of carbonyl (C=O) groups is 1. The molecular weight excluding hydrogens is 332 g/mol. The number of fused-ring (bicyclic) bond motifs is 1. The lowest BCUT2D eigenvalue weighted by atomic mass is 10.1. The molecule has 106 valence electrons. The minimum atomic E-state index is -0.0808. The number of hydrogen-bond donors (Lipinski definition) is 0. The van der Waals surface area contributed by atoms with Crippen molar-refractivity contribution in [1.29, 1.82) is 0 Å². The van der Waals surface area contributed by atoms with Gasteiger partial charge in [0.2, 0.25) is 0 Å². The van der Waals surface area contributed by atoms with E-state index in [1.165, 1.54) is 0 Å². The van der Waals surface area contributed by atoms with Gasteiger partial charge in [-0.3, -0.25) is 4.79 Å². The van der Waals surface area contributed by atoms with Crippen LogP contribution in [0.1, 0.15) is 15.9 Å². The minimum Gasteiger partial charge on any atom is -0.486 e. The van der Waals surface area contributed by atoms with E-state index in [-0.39, 0.29) is 5.78 Å². The molecule has 0 amide bonds. The molecular formula is C17H13BrO3. The number of carbonyl (C=O) groups excluding carboxylic acids is 1. The van der Waals surface area contributed by atoms with Crippen LogP contribution in [0.2, 0.25) is 0 Å². The summed E-state index contributed by atoms with van der Waals surface area (Å²) in [6, 6.07) is 13.2. The fraction of sp³-hybridized carbons (Fsp3) is 0.118. The fourth-order valence-corrected chi connectivity index (χ4v) is 2.60. The van der Waals surface area contributed by atoms with Crippen LogP contribution in [0.3, 0.4) is 0 Å². The van der Waals surface area contributed by atoms with Gasteiger partial charge in [-0.1, -0.05) is 36.4 Å². The number of ketones is 1. The van der Waals surface area contributed by atoms with Crippen molar-refractivity contribution in [3.8, 4) is 11.5 Å². The highest BCUT2D eigenvalue weighted by Crippen LogP contribution is 2.35. The van der Waals surface area contributed by atoms with E-state index in [1.807, 2.05) is 30.3 Å². The number of allylic oxidation sites excluding steroid dienone is 1. The van der Waals surface area contributed by atoms with Crippen LogP contribution in [0.5, 0.6) is 11.5 Å². The molecule has 4 heteroatoms. The first-order valence-corrected chi connectivity index (χ1v) is 7.40. The summed E-state index contributed by atoms with van der Waals surface area (Å²) in [5, 5.41) is 0. The van der Waals surface area contributed by atoms with E-state index in [4.69, 9.17) is 9.47 Å². The number of halogens is 1. The molecule has 0 aromatic heterocycles. The molecule has 0 unspecified atom stereocenters. The predicted octanol–water partition coefficient (Wildman–Crippen LogP) is 4.12. The van der Waals surface area contributed by atoms with Crippen LogP contribution in [0.25, 0.3) is 6.08 Å². The smallest absolute Gasteiger partial charge is 0.187 e. The van der Waals surface area contributed by atoms with E-state index in [0.29, 0.717) is 34.7 Å². The van der Waals surface area contributed by atoms with Crippen LogP contribution >= 0.6 is 15.9 Å². The third-order valence-electron chi connectivity index (χ3n) is 3.12. The van der Waals surface area contributed by atoms with Crippen LogP contribution in [-0.4, -0.2) is 19.0 Å². The zero-order valence-electron chi connectivity index (χ0n) is 11.2. The Hall–Kier alpha value is -2.07. The van der Waals surface area contributed by atoms with Crippen molar-refractivity contribution < 1.29 is 14.3 Å². The average Bonchev–Trinajstić information content (AvgIpc) is 2.53. The standard InChI is InChI=1S/C17H13BrO3/c18-14-11-17-16(20-8-9-21-17)10-13(14)15(19)7-6-12-4-2-1-3-5-12/h1-7,10-11H,8-9H2/b7-6+. The third-order valence-corrected chi connectivity index (χ3v) is 3.78. The summed E-state index contributed by atoms with van der Waals surface area (Å²) in [6.07, 6.45) is 3.36. The van der Waals surface area contributed by atoms with Crippen molar-refractivity contribution >= 4 is 27.8 Å². The second-order valence-electron chi connectivity index (χ2n) is 4.58. The van der Waals surface area contributed by atoms with Crippen molar-refractivity contribution in [2.75, 3.05) is 13.2 Å². The molecule has 3 nitrogen and oxygen atoms in total. The third kappa shape index (κ3) is 3.16. The summed E-state index contributed by atoms with van der Waals surface area (Å²) in [6.45, 7) is 1.03. The first-order chi connectivity index (χ1) is 10.2. The van der Waals surface area contributed by atoms with Gasteiger partial charge in [-0.25, -0.2) is 0 Å². The van der Waals surface area contributed by atoms with E-state index in [9.17, 15) is 4.79 Å². The van der Waals surface area contributed by atoms with E-state index >= 15 is 0 Å². The van der Waals surface area contributed by atoms with Gasteiger partial charge in [-0.2, -0.15) is 0 Å². The van der Waals surface area contributed by atoms with E-state index in [0.717, 1.165) is 5.56 Å². The average molecular weight is 345 g/mol. The summed E-state index contributed by atoms with van der Waals surface area (Å²) in [7, 11) is 0. The molecule has 3 rings (SSSR count). The Morgan fingerprint density at radius 3 is 2.43 bits per heavy atom. The minimum absolute atomic E-state index is 0.0808. The van der Waals surface area contributed by atoms with Gasteiger partial charge in [0.15, 0.2) is 17.3 Å². The maximum Gasteiger partial charge on any atom is 0.187 e. The van der Waals surface area contributed by atoms with Gasteiger partial charge < -0.3 is 9.47 Å².